The minimum atomic E-state index is -1.70. The van der Waals surface area contributed by atoms with Gasteiger partial charge in [-0.2, -0.15) is 0 Å². The van der Waals surface area contributed by atoms with Crippen LogP contribution in [-0.2, 0) is 4.74 Å². The highest BCUT2D eigenvalue weighted by atomic mass is 16.6. The third kappa shape index (κ3) is 10.2. The Morgan fingerprint density at radius 3 is 1.83 bits per heavy atom. The maximum atomic E-state index is 10.6. The number of hydrogen-bond acceptors (Lipinski definition) is 6. The minimum absolute atomic E-state index is 0.287. The molecule has 0 aliphatic carbocycles. The van der Waals surface area contributed by atoms with Crippen LogP contribution in [0.1, 0.15) is 103 Å². The van der Waals surface area contributed by atoms with E-state index in [9.17, 15) is 20.4 Å². The van der Waals surface area contributed by atoms with Crippen molar-refractivity contribution in [2.45, 2.75) is 133 Å². The molecule has 1 unspecified atom stereocenters. The summed E-state index contributed by atoms with van der Waals surface area (Å²) in [6.07, 6.45) is 18.2. The van der Waals surface area contributed by atoms with Crippen LogP contribution in [0.15, 0.2) is 12.2 Å². The molecule has 1 saturated heterocycles. The van der Waals surface area contributed by atoms with Gasteiger partial charge in [0.25, 0.3) is 0 Å². The molecule has 1 fully saturated rings. The van der Waals surface area contributed by atoms with Gasteiger partial charge in [0.2, 0.25) is 0 Å². The molecule has 0 saturated carbocycles. The van der Waals surface area contributed by atoms with Gasteiger partial charge in [-0.15, -0.1) is 0 Å². The van der Waals surface area contributed by atoms with Gasteiger partial charge in [-0.25, -0.2) is 0 Å². The van der Waals surface area contributed by atoms with Crippen molar-refractivity contribution in [1.29, 1.82) is 0 Å². The van der Waals surface area contributed by atoms with Crippen molar-refractivity contribution in [2.24, 2.45) is 5.73 Å². The Labute approximate surface area is 183 Å². The van der Waals surface area contributed by atoms with Crippen molar-refractivity contribution in [3.05, 3.63) is 12.2 Å². The van der Waals surface area contributed by atoms with Crippen LogP contribution in [0, 0.1) is 0 Å². The Morgan fingerprint density at radius 2 is 1.30 bits per heavy atom. The summed E-state index contributed by atoms with van der Waals surface area (Å²) >= 11 is 0. The summed E-state index contributed by atoms with van der Waals surface area (Å²) in [4.78, 5) is 0. The normalized spacial score (nSPS) is 29.7. The van der Waals surface area contributed by atoms with Gasteiger partial charge in [0, 0.05) is 6.42 Å². The number of unbranched alkanes of at least 4 members (excludes halogenated alkanes) is 12. The van der Waals surface area contributed by atoms with Crippen LogP contribution in [0.25, 0.3) is 0 Å². The first kappa shape index (κ1) is 27.5. The van der Waals surface area contributed by atoms with E-state index in [0.717, 1.165) is 32.1 Å². The molecule has 0 aromatic carbocycles. The van der Waals surface area contributed by atoms with E-state index < -0.39 is 36.7 Å². The fourth-order valence-electron chi connectivity index (χ4n) is 4.11. The second-order valence-corrected chi connectivity index (χ2v) is 8.88. The van der Waals surface area contributed by atoms with E-state index in [1.165, 1.54) is 57.8 Å². The average molecular weight is 430 g/mol. The highest BCUT2D eigenvalue weighted by Gasteiger charge is 2.50. The lowest BCUT2D eigenvalue weighted by molar-refractivity contribution is -0.316. The van der Waals surface area contributed by atoms with Gasteiger partial charge in [0.05, 0.1) is 12.6 Å². The number of rotatable bonds is 17. The molecule has 6 N–H and O–H groups in total. The number of nitrogens with two attached hydrogens (primary N) is 1. The van der Waals surface area contributed by atoms with Gasteiger partial charge in [0.15, 0.2) is 5.79 Å². The Hall–Kier alpha value is -0.500. The number of hydrogen-bond donors (Lipinski definition) is 5. The first-order chi connectivity index (χ1) is 14.5. The van der Waals surface area contributed by atoms with Crippen LogP contribution in [0.4, 0.5) is 0 Å². The highest BCUT2D eigenvalue weighted by molar-refractivity contribution is 4.98. The molecule has 1 aliphatic heterocycles. The molecule has 30 heavy (non-hydrogen) atoms. The zero-order valence-electron chi connectivity index (χ0n) is 19.1. The Bertz CT molecular complexity index is 445. The largest absolute Gasteiger partial charge is 0.394 e. The van der Waals surface area contributed by atoms with Crippen LogP contribution >= 0.6 is 0 Å². The molecule has 0 aromatic rings. The van der Waals surface area contributed by atoms with Crippen LogP contribution in [0.2, 0.25) is 0 Å². The first-order valence-electron chi connectivity index (χ1n) is 12.2. The summed E-state index contributed by atoms with van der Waals surface area (Å²) in [5, 5.41) is 39.7. The Balaban J connectivity index is 2.01. The molecule has 0 bridgehead atoms. The topological polar surface area (TPSA) is 116 Å². The van der Waals surface area contributed by atoms with Gasteiger partial charge in [-0.05, 0) is 32.1 Å². The van der Waals surface area contributed by atoms with E-state index in [0.29, 0.717) is 0 Å². The lowest BCUT2D eigenvalue weighted by atomic mass is 9.88. The third-order valence-electron chi connectivity index (χ3n) is 6.20. The van der Waals surface area contributed by atoms with Crippen molar-refractivity contribution >= 4 is 0 Å². The van der Waals surface area contributed by atoms with E-state index >= 15 is 0 Å². The number of aliphatic hydroxyl groups is 4. The molecule has 1 rings (SSSR count). The summed E-state index contributed by atoms with van der Waals surface area (Å²) in [5.41, 5.74) is 5.86. The summed E-state index contributed by atoms with van der Waals surface area (Å²) in [5.74, 6) is -1.70. The van der Waals surface area contributed by atoms with Crippen molar-refractivity contribution in [2.75, 3.05) is 6.61 Å². The SMILES string of the molecule is CCCCCCCC/C=C\CCCCCCCCC1(O)O[C@H](CO)[C@@H](O)[C@H](O)[C@H]1N. The van der Waals surface area contributed by atoms with E-state index in [1.54, 1.807) is 0 Å². The van der Waals surface area contributed by atoms with Crippen molar-refractivity contribution < 1.29 is 25.2 Å². The molecule has 1 heterocycles. The number of allylic oxidation sites excluding steroid dienone is 2. The lowest BCUT2D eigenvalue weighted by Crippen LogP contribution is -2.68. The van der Waals surface area contributed by atoms with Crippen molar-refractivity contribution in [1.82, 2.24) is 0 Å². The summed E-state index contributed by atoms with van der Waals surface area (Å²) in [6.45, 7) is 1.78. The van der Waals surface area contributed by atoms with Gasteiger partial charge < -0.3 is 30.9 Å². The van der Waals surface area contributed by atoms with E-state index in [-0.39, 0.29) is 6.42 Å². The lowest BCUT2D eigenvalue weighted by Gasteiger charge is -2.46. The quantitative estimate of drug-likeness (QED) is 0.178. The Morgan fingerprint density at radius 1 is 0.800 bits per heavy atom. The van der Waals surface area contributed by atoms with E-state index in [4.69, 9.17) is 10.5 Å². The van der Waals surface area contributed by atoms with Crippen LogP contribution < -0.4 is 5.73 Å². The molecule has 1 aliphatic rings. The molecule has 0 spiro atoms. The molecule has 178 valence electrons. The fourth-order valence-corrected chi connectivity index (χ4v) is 4.11. The molecule has 0 amide bonds. The third-order valence-corrected chi connectivity index (χ3v) is 6.20. The van der Waals surface area contributed by atoms with Crippen LogP contribution in [-0.4, -0.2) is 57.2 Å². The van der Waals surface area contributed by atoms with E-state index in [2.05, 4.69) is 19.1 Å². The first-order valence-corrected chi connectivity index (χ1v) is 12.2. The van der Waals surface area contributed by atoms with Crippen LogP contribution in [0.3, 0.4) is 0 Å². The predicted molar refractivity (Wildman–Crippen MR) is 121 cm³/mol. The Kier molecular flexibility index (Phi) is 14.8. The van der Waals surface area contributed by atoms with Crippen LogP contribution in [0.5, 0.6) is 0 Å². The molecule has 6 nitrogen and oxygen atoms in total. The molecule has 0 aromatic heterocycles. The van der Waals surface area contributed by atoms with Crippen molar-refractivity contribution in [3.8, 4) is 0 Å². The minimum Gasteiger partial charge on any atom is -0.394 e. The smallest absolute Gasteiger partial charge is 0.184 e. The molecular weight excluding hydrogens is 382 g/mol. The maximum Gasteiger partial charge on any atom is 0.184 e. The van der Waals surface area contributed by atoms with E-state index in [1.807, 2.05) is 0 Å². The second kappa shape index (κ2) is 16.2. The summed E-state index contributed by atoms with van der Waals surface area (Å²) in [6, 6.07) is -1.08. The van der Waals surface area contributed by atoms with Gasteiger partial charge in [-0.1, -0.05) is 76.9 Å². The van der Waals surface area contributed by atoms with Gasteiger partial charge in [0.1, 0.15) is 18.3 Å². The second-order valence-electron chi connectivity index (χ2n) is 8.88. The average Bonchev–Trinajstić information content (AvgIpc) is 2.74. The monoisotopic (exact) mass is 429 g/mol. The summed E-state index contributed by atoms with van der Waals surface area (Å²) < 4.78 is 5.41. The van der Waals surface area contributed by atoms with Gasteiger partial charge >= 0.3 is 0 Å². The maximum absolute atomic E-state index is 10.6. The predicted octanol–water partition coefficient (Wildman–Crippen LogP) is 3.54. The molecule has 5 atom stereocenters. The highest BCUT2D eigenvalue weighted by Crippen LogP contribution is 2.31. The summed E-state index contributed by atoms with van der Waals surface area (Å²) in [7, 11) is 0. The number of aliphatic hydroxyl groups excluding tert-OH is 3. The number of ether oxygens (including phenoxy) is 1. The molecule has 6 heteroatoms. The standard InChI is InChI=1S/C24H47NO5/c1-2-3-4-5-6-7-8-9-10-11-12-13-14-15-16-17-18-24(29)23(25)22(28)21(27)20(19-26)30-24/h9-10,20-23,26-29H,2-8,11-19,25H2,1H3/b10-9-/t20-,21-,22+,23-,24?/m1/s1. The molecular formula is C24H47NO5. The zero-order chi connectivity index (χ0) is 22.2. The molecule has 0 radical (unpaired) electrons. The fraction of sp³-hybridized carbons (Fsp3) is 0.917. The van der Waals surface area contributed by atoms with Crippen molar-refractivity contribution in [3.63, 3.8) is 0 Å². The zero-order valence-corrected chi connectivity index (χ0v) is 19.1. The van der Waals surface area contributed by atoms with Gasteiger partial charge in [-0.3, -0.25) is 0 Å².